The van der Waals surface area contributed by atoms with Gasteiger partial charge in [0.25, 0.3) is 0 Å². The molecule has 200 valence electrons. The molecule has 1 aliphatic rings. The number of benzene rings is 3. The van der Waals surface area contributed by atoms with E-state index >= 15 is 0 Å². The predicted molar refractivity (Wildman–Crippen MR) is 144 cm³/mol. The van der Waals surface area contributed by atoms with Gasteiger partial charge >= 0.3 is 5.97 Å². The number of hydrogen-bond donors (Lipinski definition) is 1. The summed E-state index contributed by atoms with van der Waals surface area (Å²) in [5.41, 5.74) is 2.08. The van der Waals surface area contributed by atoms with Crippen LogP contribution in [0.15, 0.2) is 71.1 Å². The summed E-state index contributed by atoms with van der Waals surface area (Å²) in [6.45, 7) is 5.37. The van der Waals surface area contributed by atoms with Gasteiger partial charge in [-0.2, -0.15) is 0 Å². The molecule has 0 saturated carbocycles. The molecule has 1 N–H and O–H groups in total. The molecular formula is C30H26ClFN2O5. The van der Waals surface area contributed by atoms with Gasteiger partial charge in [0.05, 0.1) is 10.4 Å². The smallest absolute Gasteiger partial charge is 0.327 e. The molecular weight excluding hydrogens is 523 g/mol. The quantitative estimate of drug-likeness (QED) is 0.289. The lowest BCUT2D eigenvalue weighted by atomic mass is 9.82. The van der Waals surface area contributed by atoms with E-state index in [1.54, 1.807) is 57.2 Å². The van der Waals surface area contributed by atoms with Gasteiger partial charge in [-0.25, -0.2) is 14.2 Å². The van der Waals surface area contributed by atoms with Gasteiger partial charge in [-0.1, -0.05) is 41.9 Å². The molecule has 1 aromatic heterocycles. The van der Waals surface area contributed by atoms with Crippen molar-refractivity contribution >= 4 is 29.2 Å². The molecule has 0 aliphatic carbocycles. The van der Waals surface area contributed by atoms with Crippen LogP contribution in [-0.4, -0.2) is 28.0 Å². The highest BCUT2D eigenvalue weighted by atomic mass is 35.5. The Balaban J connectivity index is 1.35. The van der Waals surface area contributed by atoms with E-state index in [9.17, 15) is 19.1 Å². The standard InChI is InChI=1S/C30H26ClFN2O5/c1-17-24(33-27(39-17)19-11-12-22(31)23(32)13-19)16-38-21-9-6-8-20(15-21)30(2,3)29(37)34-25-10-5-4-7-18(25)14-26(34)28(35)36/h4-13,15,26H,14,16H2,1-3H3,(H,35,36). The molecule has 1 aliphatic heterocycles. The first-order chi connectivity index (χ1) is 18.6. The number of amides is 1. The molecule has 0 fully saturated rings. The maximum Gasteiger partial charge on any atom is 0.327 e. The van der Waals surface area contributed by atoms with Crippen molar-refractivity contribution in [2.75, 3.05) is 4.90 Å². The maximum atomic E-state index is 13.9. The van der Waals surface area contributed by atoms with Crippen LogP contribution in [0.25, 0.3) is 11.5 Å². The first-order valence-corrected chi connectivity index (χ1v) is 12.7. The Morgan fingerprint density at radius 2 is 1.92 bits per heavy atom. The van der Waals surface area contributed by atoms with Crippen molar-refractivity contribution in [3.05, 3.63) is 100 Å². The minimum Gasteiger partial charge on any atom is -0.487 e. The third kappa shape index (κ3) is 5.00. The van der Waals surface area contributed by atoms with E-state index in [0.717, 1.165) is 5.56 Å². The third-order valence-electron chi connectivity index (χ3n) is 7.01. The van der Waals surface area contributed by atoms with Crippen LogP contribution in [0.4, 0.5) is 10.1 Å². The molecule has 1 atom stereocenters. The molecule has 7 nitrogen and oxygen atoms in total. The van der Waals surface area contributed by atoms with Gasteiger partial charge < -0.3 is 14.3 Å². The number of nitrogens with zero attached hydrogens (tertiary/aromatic N) is 2. The number of para-hydroxylation sites is 1. The van der Waals surface area contributed by atoms with Gasteiger partial charge in [0.15, 0.2) is 0 Å². The summed E-state index contributed by atoms with van der Waals surface area (Å²) in [5.74, 6) is -0.642. The number of aliphatic carboxylic acids is 1. The van der Waals surface area contributed by atoms with Gasteiger partial charge in [0, 0.05) is 17.7 Å². The van der Waals surface area contributed by atoms with Crippen molar-refractivity contribution < 1.29 is 28.2 Å². The summed E-state index contributed by atoms with van der Waals surface area (Å²) in [7, 11) is 0. The Kier molecular flexibility index (Phi) is 6.91. The number of oxazole rings is 1. The molecule has 4 aromatic rings. The maximum absolute atomic E-state index is 13.9. The van der Waals surface area contributed by atoms with E-state index < -0.39 is 23.2 Å². The lowest BCUT2D eigenvalue weighted by Gasteiger charge is -2.32. The first kappa shape index (κ1) is 26.4. The fraction of sp³-hybridized carbons (Fsp3) is 0.233. The number of carboxylic acids is 1. The summed E-state index contributed by atoms with van der Waals surface area (Å²) in [6, 6.07) is 17.7. The zero-order valence-electron chi connectivity index (χ0n) is 21.6. The van der Waals surface area contributed by atoms with Gasteiger partial charge in [-0.15, -0.1) is 0 Å². The molecule has 2 heterocycles. The zero-order chi connectivity index (χ0) is 27.9. The minimum atomic E-state index is -1.05. The normalized spacial score (nSPS) is 14.8. The lowest BCUT2D eigenvalue weighted by Crippen LogP contribution is -2.50. The topological polar surface area (TPSA) is 92.9 Å². The lowest BCUT2D eigenvalue weighted by molar-refractivity contribution is -0.140. The van der Waals surface area contributed by atoms with E-state index in [-0.39, 0.29) is 29.8 Å². The summed E-state index contributed by atoms with van der Waals surface area (Å²) in [5, 5.41) is 9.85. The van der Waals surface area contributed by atoms with Crippen LogP contribution >= 0.6 is 11.6 Å². The second kappa shape index (κ2) is 10.2. The number of rotatable bonds is 7. The van der Waals surface area contributed by atoms with Crippen LogP contribution in [0.5, 0.6) is 5.75 Å². The molecule has 1 amide bonds. The Hall–Kier alpha value is -4.17. The third-order valence-corrected chi connectivity index (χ3v) is 7.31. The van der Waals surface area contributed by atoms with E-state index in [1.165, 1.54) is 17.0 Å². The van der Waals surface area contributed by atoms with E-state index in [4.69, 9.17) is 20.8 Å². The van der Waals surface area contributed by atoms with Crippen molar-refractivity contribution in [2.24, 2.45) is 0 Å². The molecule has 3 aromatic carbocycles. The van der Waals surface area contributed by atoms with Crippen LogP contribution in [0.1, 0.15) is 36.4 Å². The van der Waals surface area contributed by atoms with E-state index in [0.29, 0.717) is 34.0 Å². The van der Waals surface area contributed by atoms with Crippen LogP contribution in [0, 0.1) is 12.7 Å². The van der Waals surface area contributed by atoms with Gasteiger partial charge in [-0.05, 0) is 68.3 Å². The summed E-state index contributed by atoms with van der Waals surface area (Å²) in [4.78, 5) is 31.7. The number of aromatic nitrogens is 1. The Labute approximate surface area is 229 Å². The SMILES string of the molecule is Cc1oc(-c2ccc(Cl)c(F)c2)nc1COc1cccc(C(C)(C)C(=O)N2c3ccccc3CC2C(=O)O)c1. The minimum absolute atomic E-state index is 0.0132. The fourth-order valence-corrected chi connectivity index (χ4v) is 4.82. The first-order valence-electron chi connectivity index (χ1n) is 12.4. The number of anilines is 1. The number of carbonyl (C=O) groups is 2. The number of carbonyl (C=O) groups excluding carboxylic acids is 1. The van der Waals surface area contributed by atoms with Crippen molar-refractivity contribution in [1.29, 1.82) is 0 Å². The average Bonchev–Trinajstić information content (AvgIpc) is 3.49. The van der Waals surface area contributed by atoms with Crippen molar-refractivity contribution in [1.82, 2.24) is 4.98 Å². The fourth-order valence-electron chi connectivity index (χ4n) is 4.70. The van der Waals surface area contributed by atoms with Crippen LogP contribution in [0.2, 0.25) is 5.02 Å². The predicted octanol–water partition coefficient (Wildman–Crippen LogP) is 6.34. The van der Waals surface area contributed by atoms with Crippen molar-refractivity contribution in [2.45, 2.75) is 45.3 Å². The number of hydrogen-bond acceptors (Lipinski definition) is 5. The largest absolute Gasteiger partial charge is 0.487 e. The summed E-state index contributed by atoms with van der Waals surface area (Å²) in [6.07, 6.45) is 0.262. The van der Waals surface area contributed by atoms with E-state index in [1.807, 2.05) is 18.2 Å². The summed E-state index contributed by atoms with van der Waals surface area (Å²) >= 11 is 5.77. The number of aryl methyl sites for hydroxylation is 1. The monoisotopic (exact) mass is 548 g/mol. The highest BCUT2D eigenvalue weighted by molar-refractivity contribution is 6.30. The van der Waals surface area contributed by atoms with Crippen LogP contribution in [0.3, 0.4) is 0 Å². The molecule has 0 radical (unpaired) electrons. The molecule has 0 saturated heterocycles. The highest BCUT2D eigenvalue weighted by Crippen LogP contribution is 2.38. The van der Waals surface area contributed by atoms with Gasteiger partial charge in [-0.3, -0.25) is 9.69 Å². The van der Waals surface area contributed by atoms with Gasteiger partial charge in [0.2, 0.25) is 11.8 Å². The van der Waals surface area contributed by atoms with Crippen molar-refractivity contribution in [3.8, 4) is 17.2 Å². The molecule has 39 heavy (non-hydrogen) atoms. The number of ether oxygens (including phenoxy) is 1. The zero-order valence-corrected chi connectivity index (χ0v) is 22.3. The van der Waals surface area contributed by atoms with Crippen LogP contribution in [-0.2, 0) is 28.0 Å². The number of carboxylic acid groups (broad SMARTS) is 1. The second-order valence-electron chi connectivity index (χ2n) is 9.95. The Bertz CT molecular complexity index is 1580. The number of fused-ring (bicyclic) bond motifs is 1. The highest BCUT2D eigenvalue weighted by Gasteiger charge is 2.44. The van der Waals surface area contributed by atoms with Crippen molar-refractivity contribution in [3.63, 3.8) is 0 Å². The molecule has 0 spiro atoms. The van der Waals surface area contributed by atoms with E-state index in [2.05, 4.69) is 4.98 Å². The molecule has 1 unspecified atom stereocenters. The van der Waals surface area contributed by atoms with Gasteiger partial charge in [0.1, 0.15) is 35.7 Å². The second-order valence-corrected chi connectivity index (χ2v) is 10.4. The summed E-state index contributed by atoms with van der Waals surface area (Å²) < 4.78 is 25.6. The Morgan fingerprint density at radius 3 is 2.67 bits per heavy atom. The number of halogens is 2. The Morgan fingerprint density at radius 1 is 1.15 bits per heavy atom. The van der Waals surface area contributed by atoms with Crippen LogP contribution < -0.4 is 9.64 Å². The average molecular weight is 549 g/mol. The molecule has 5 rings (SSSR count). The molecule has 0 bridgehead atoms. The molecule has 9 heteroatoms.